The first-order chi connectivity index (χ1) is 13.8. The number of ether oxygens (including phenoxy) is 1. The number of fused-ring (bicyclic) bond motifs is 3. The molecule has 1 nitrogen and oxygen atoms in total. The second-order valence-corrected chi connectivity index (χ2v) is 9.64. The van der Waals surface area contributed by atoms with Gasteiger partial charge in [0, 0.05) is 0 Å². The van der Waals surface area contributed by atoms with Gasteiger partial charge in [-0.15, -0.1) is 13.2 Å². The third-order valence-electron chi connectivity index (χ3n) is 8.00. The number of benzene rings is 1. The fourth-order valence-electron chi connectivity index (χ4n) is 6.84. The topological polar surface area (TPSA) is 9.23 Å². The molecule has 162 valence electrons. The van der Waals surface area contributed by atoms with Crippen molar-refractivity contribution >= 4 is 0 Å². The maximum Gasteiger partial charge on any atom is 0.573 e. The Morgan fingerprint density at radius 1 is 0.931 bits per heavy atom. The van der Waals surface area contributed by atoms with Crippen molar-refractivity contribution < 1.29 is 22.3 Å². The van der Waals surface area contributed by atoms with Crippen LogP contribution in [0.4, 0.5) is 17.6 Å². The lowest BCUT2D eigenvalue weighted by Crippen LogP contribution is -2.41. The summed E-state index contributed by atoms with van der Waals surface area (Å²) in [5.41, 5.74) is 0.823. The second-order valence-electron chi connectivity index (χ2n) is 9.64. The molecule has 0 saturated heterocycles. The predicted octanol–water partition coefficient (Wildman–Crippen LogP) is 7.85. The molecule has 6 atom stereocenters. The molecule has 3 saturated carbocycles. The highest BCUT2D eigenvalue weighted by atomic mass is 19.4. The van der Waals surface area contributed by atoms with E-state index in [9.17, 15) is 17.6 Å². The highest BCUT2D eigenvalue weighted by Crippen LogP contribution is 2.55. The largest absolute Gasteiger partial charge is 0.573 e. The molecule has 29 heavy (non-hydrogen) atoms. The lowest BCUT2D eigenvalue weighted by molar-refractivity contribution is -0.275. The molecule has 0 spiro atoms. The summed E-state index contributed by atoms with van der Waals surface area (Å²) in [6, 6.07) is 4.01. The Morgan fingerprint density at radius 2 is 1.62 bits per heavy atom. The lowest BCUT2D eigenvalue weighted by Gasteiger charge is -2.51. The van der Waals surface area contributed by atoms with Gasteiger partial charge in [0.15, 0.2) is 11.6 Å². The Bertz CT molecular complexity index is 701. The molecule has 0 bridgehead atoms. The number of alkyl halides is 3. The molecule has 0 aliphatic heterocycles. The molecule has 0 radical (unpaired) electrons. The van der Waals surface area contributed by atoms with Gasteiger partial charge >= 0.3 is 6.36 Å². The maximum atomic E-state index is 14.2. The van der Waals surface area contributed by atoms with Gasteiger partial charge in [-0.1, -0.05) is 32.3 Å². The summed E-state index contributed by atoms with van der Waals surface area (Å²) in [4.78, 5) is 0. The summed E-state index contributed by atoms with van der Waals surface area (Å²) in [5, 5.41) is 0. The van der Waals surface area contributed by atoms with Crippen molar-refractivity contribution in [2.45, 2.75) is 83.4 Å². The first-order valence-electron chi connectivity index (χ1n) is 11.4. The summed E-state index contributed by atoms with van der Waals surface area (Å²) in [6.45, 7) is 2.29. The molecule has 1 aromatic carbocycles. The van der Waals surface area contributed by atoms with Crippen molar-refractivity contribution in [3.05, 3.63) is 29.6 Å². The Labute approximate surface area is 171 Å². The molecular formula is C24H32F4O. The molecule has 0 amide bonds. The van der Waals surface area contributed by atoms with Crippen molar-refractivity contribution in [3.8, 4) is 5.75 Å². The zero-order chi connectivity index (χ0) is 20.6. The number of rotatable bonds is 4. The van der Waals surface area contributed by atoms with Gasteiger partial charge < -0.3 is 4.74 Å². The minimum absolute atomic E-state index is 0.249. The monoisotopic (exact) mass is 412 g/mol. The van der Waals surface area contributed by atoms with E-state index < -0.39 is 17.9 Å². The quantitative estimate of drug-likeness (QED) is 0.458. The zero-order valence-electron chi connectivity index (χ0n) is 17.2. The average Bonchev–Trinajstić information content (AvgIpc) is 2.68. The van der Waals surface area contributed by atoms with Crippen molar-refractivity contribution in [2.75, 3.05) is 0 Å². The van der Waals surface area contributed by atoms with Gasteiger partial charge in [0.25, 0.3) is 0 Å². The number of hydrogen-bond acceptors (Lipinski definition) is 1. The van der Waals surface area contributed by atoms with Crippen LogP contribution in [-0.2, 0) is 0 Å². The van der Waals surface area contributed by atoms with Crippen molar-refractivity contribution in [1.82, 2.24) is 0 Å². The van der Waals surface area contributed by atoms with E-state index in [1.807, 2.05) is 0 Å². The Morgan fingerprint density at radius 3 is 2.28 bits per heavy atom. The van der Waals surface area contributed by atoms with Crippen LogP contribution in [-0.4, -0.2) is 6.36 Å². The highest BCUT2D eigenvalue weighted by molar-refractivity contribution is 5.32. The van der Waals surface area contributed by atoms with Gasteiger partial charge in [0.05, 0.1) is 0 Å². The minimum atomic E-state index is -4.87. The summed E-state index contributed by atoms with van der Waals surface area (Å²) in [6.07, 6.45) is 7.80. The number of hydrogen-bond donors (Lipinski definition) is 0. The van der Waals surface area contributed by atoms with E-state index in [0.29, 0.717) is 5.92 Å². The van der Waals surface area contributed by atoms with Crippen LogP contribution in [0.25, 0.3) is 0 Å². The minimum Gasteiger partial charge on any atom is -0.403 e. The Kier molecular flexibility index (Phi) is 6.13. The smallest absolute Gasteiger partial charge is 0.403 e. The van der Waals surface area contributed by atoms with E-state index in [2.05, 4.69) is 11.7 Å². The fraction of sp³-hybridized carbons (Fsp3) is 0.750. The van der Waals surface area contributed by atoms with Crippen LogP contribution in [0.3, 0.4) is 0 Å². The van der Waals surface area contributed by atoms with E-state index in [4.69, 9.17) is 0 Å². The molecule has 5 heteroatoms. The molecular weight excluding hydrogens is 380 g/mol. The van der Waals surface area contributed by atoms with E-state index in [1.165, 1.54) is 57.4 Å². The summed E-state index contributed by atoms with van der Waals surface area (Å²) in [7, 11) is 0. The summed E-state index contributed by atoms with van der Waals surface area (Å²) >= 11 is 0. The average molecular weight is 413 g/mol. The van der Waals surface area contributed by atoms with E-state index >= 15 is 0 Å². The third-order valence-corrected chi connectivity index (χ3v) is 8.00. The van der Waals surface area contributed by atoms with Gasteiger partial charge in [0.2, 0.25) is 0 Å². The van der Waals surface area contributed by atoms with Crippen LogP contribution in [0.2, 0.25) is 0 Å². The van der Waals surface area contributed by atoms with Gasteiger partial charge in [-0.05, 0) is 98.1 Å². The van der Waals surface area contributed by atoms with Crippen molar-refractivity contribution in [3.63, 3.8) is 0 Å². The molecule has 3 aliphatic rings. The molecule has 0 heterocycles. The predicted molar refractivity (Wildman–Crippen MR) is 105 cm³/mol. The lowest BCUT2D eigenvalue weighted by atomic mass is 9.55. The van der Waals surface area contributed by atoms with E-state index in [-0.39, 0.29) is 5.92 Å². The number of halogens is 4. The normalized spacial score (nSPS) is 34.9. The maximum absolute atomic E-state index is 14.2. The van der Waals surface area contributed by atoms with E-state index in [0.717, 1.165) is 48.1 Å². The van der Waals surface area contributed by atoms with Crippen LogP contribution in [0.5, 0.6) is 5.75 Å². The van der Waals surface area contributed by atoms with Crippen LogP contribution < -0.4 is 4.74 Å². The van der Waals surface area contributed by atoms with Gasteiger partial charge in [-0.3, -0.25) is 0 Å². The first kappa shape index (κ1) is 21.0. The molecule has 4 rings (SSSR count). The molecule has 3 fully saturated rings. The zero-order valence-corrected chi connectivity index (χ0v) is 17.2. The molecule has 0 aromatic heterocycles. The highest BCUT2D eigenvalue weighted by Gasteiger charge is 2.44. The Balaban J connectivity index is 1.39. The summed E-state index contributed by atoms with van der Waals surface area (Å²) < 4.78 is 55.1. The Hall–Kier alpha value is -1.26. The van der Waals surface area contributed by atoms with E-state index in [1.54, 1.807) is 6.07 Å². The van der Waals surface area contributed by atoms with Crippen LogP contribution in [0.15, 0.2) is 18.2 Å². The SMILES string of the molecule is CCC[C@@H]1CC[C@H]2[C@H](CC[C@H]3CC(c4ccc(OC(F)(F)F)c(F)c4)CC[C@@H]32)C1. The third kappa shape index (κ3) is 4.74. The molecule has 3 aliphatic carbocycles. The van der Waals surface area contributed by atoms with Crippen LogP contribution >= 0.6 is 0 Å². The standard InChI is InChI=1S/C24H32F4O/c1-2-3-15-4-9-20-18(12-15)5-6-19-13-16(7-10-21(19)20)17-8-11-23(22(25)14-17)29-24(26,27)28/h8,11,14-16,18-21H,2-7,9-10,12-13H2,1H3/t15-,16?,18-,19+,20+,21+/m1/s1. The molecule has 0 N–H and O–H groups in total. The van der Waals surface area contributed by atoms with Crippen molar-refractivity contribution in [2.24, 2.45) is 29.6 Å². The van der Waals surface area contributed by atoms with Crippen molar-refractivity contribution in [1.29, 1.82) is 0 Å². The fourth-order valence-corrected chi connectivity index (χ4v) is 6.84. The molecule has 1 unspecified atom stereocenters. The second kappa shape index (κ2) is 8.47. The van der Waals surface area contributed by atoms with Gasteiger partial charge in [-0.2, -0.15) is 0 Å². The first-order valence-corrected chi connectivity index (χ1v) is 11.4. The summed E-state index contributed by atoms with van der Waals surface area (Å²) in [5.74, 6) is 2.76. The van der Waals surface area contributed by atoms with Gasteiger partial charge in [0.1, 0.15) is 0 Å². The molecule has 1 aromatic rings. The van der Waals surface area contributed by atoms with Crippen LogP contribution in [0, 0.1) is 35.4 Å². The van der Waals surface area contributed by atoms with Crippen LogP contribution in [0.1, 0.15) is 82.6 Å². The van der Waals surface area contributed by atoms with Gasteiger partial charge in [-0.25, -0.2) is 4.39 Å².